The fourth-order valence-electron chi connectivity index (χ4n) is 9.65. The van der Waals surface area contributed by atoms with Crippen LogP contribution in [-0.2, 0) is 26.1 Å². The summed E-state index contributed by atoms with van der Waals surface area (Å²) >= 11 is 0. The van der Waals surface area contributed by atoms with Gasteiger partial charge in [-0.25, -0.2) is 14.2 Å². The van der Waals surface area contributed by atoms with Crippen LogP contribution in [0.1, 0.15) is 105 Å². The molecule has 4 saturated carbocycles. The fourth-order valence-corrected chi connectivity index (χ4v) is 9.65. The molecule has 0 aromatic carbocycles. The first-order valence-corrected chi connectivity index (χ1v) is 15.7. The third-order valence-electron chi connectivity index (χ3n) is 13.4. The molecule has 238 valence electrons. The summed E-state index contributed by atoms with van der Waals surface area (Å²) < 4.78 is 14.8. The van der Waals surface area contributed by atoms with Crippen molar-refractivity contribution < 1.29 is 47.6 Å². The molecule has 2 heterocycles. The highest BCUT2D eigenvalue weighted by atomic mass is 127. The number of carbonyl (C=O) groups excluding carboxylic acids is 2. The maximum absolute atomic E-state index is 14.2. The number of nitrogens with one attached hydrogen (secondary N) is 1. The molecule has 0 saturated heterocycles. The maximum Gasteiger partial charge on any atom is 0.337 e. The van der Waals surface area contributed by atoms with Gasteiger partial charge in [0, 0.05) is 33.9 Å². The minimum atomic E-state index is -0.567. The molecule has 6 nitrogen and oxygen atoms in total. The molecule has 43 heavy (non-hydrogen) atoms. The van der Waals surface area contributed by atoms with Crippen molar-refractivity contribution in [2.75, 3.05) is 0 Å². The third kappa shape index (κ3) is 5.01. The van der Waals surface area contributed by atoms with Crippen LogP contribution in [0, 0.1) is 33.5 Å². The first-order chi connectivity index (χ1) is 19.1. The van der Waals surface area contributed by atoms with Gasteiger partial charge >= 0.3 is 11.9 Å². The standard InChI is InChI=1S/C35H48N2O4.2HI/c1-20-27(30(38)40-25-17-23-12-14-34(25,7)32(23,3)4)29(22-11-10-16-37(9)19-22)28(21(2)36-20)31(39)41-26-18-24-13-15-35(26,8)33(24,5)6;;/h10-11,16,19,23-26,29H,12-15,17-18H2,1-9H3;2*1H. The van der Waals surface area contributed by atoms with Crippen LogP contribution in [0.3, 0.4) is 0 Å². The molecule has 5 aliphatic rings. The fraction of sp³-hybridized carbons (Fsp3) is 0.686. The molecule has 0 radical (unpaired) electrons. The lowest BCUT2D eigenvalue weighted by Crippen LogP contribution is -3.00. The summed E-state index contributed by atoms with van der Waals surface area (Å²) in [5, 5.41) is 3.38. The van der Waals surface area contributed by atoms with E-state index in [0.717, 1.165) is 42.6 Å². The van der Waals surface area contributed by atoms with E-state index in [2.05, 4.69) is 46.9 Å². The molecule has 6 unspecified atom stereocenters. The molecule has 1 N–H and O–H groups in total. The van der Waals surface area contributed by atoms with Crippen LogP contribution in [0.4, 0.5) is 0 Å². The first kappa shape index (κ1) is 34.7. The predicted molar refractivity (Wildman–Crippen MR) is 173 cm³/mol. The number of ether oxygens (including phenoxy) is 2. The van der Waals surface area contributed by atoms with Gasteiger partial charge in [0.05, 0.1) is 17.1 Å². The molecule has 6 atom stereocenters. The van der Waals surface area contributed by atoms with Gasteiger partial charge in [-0.3, -0.25) is 0 Å². The van der Waals surface area contributed by atoms with Crippen LogP contribution in [-0.4, -0.2) is 24.1 Å². The van der Waals surface area contributed by atoms with E-state index in [0.29, 0.717) is 23.0 Å². The van der Waals surface area contributed by atoms with Crippen LogP contribution in [0.15, 0.2) is 47.1 Å². The smallest absolute Gasteiger partial charge is 0.337 e. The van der Waals surface area contributed by atoms with Crippen molar-refractivity contribution in [1.29, 1.82) is 0 Å². The molecule has 1 aliphatic heterocycles. The van der Waals surface area contributed by atoms with Crippen molar-refractivity contribution in [3.63, 3.8) is 0 Å². The number of aryl methyl sites for hydroxylation is 1. The molecule has 0 amide bonds. The molecule has 6 rings (SSSR count). The number of hydrogen-bond acceptors (Lipinski definition) is 5. The Labute approximate surface area is 292 Å². The lowest BCUT2D eigenvalue weighted by atomic mass is 9.70. The zero-order valence-corrected chi connectivity index (χ0v) is 31.8. The SMILES string of the molecule is CC1=C(C(=O)OC2CC3CCC2(C)C3(C)C)C(c2ccc[n+](C)c2)C(C(=O)OC2CC3CCC2(C)C3(C)C)=C(C)N1.I.[I-]. The number of dihydropyridines is 1. The summed E-state index contributed by atoms with van der Waals surface area (Å²) in [6.45, 7) is 17.7. The number of esters is 2. The monoisotopic (exact) mass is 816 g/mol. The van der Waals surface area contributed by atoms with E-state index in [1.165, 1.54) is 12.8 Å². The van der Waals surface area contributed by atoms with Crippen molar-refractivity contribution in [2.45, 2.75) is 112 Å². The molecule has 0 spiro atoms. The van der Waals surface area contributed by atoms with Crippen LogP contribution in [0.2, 0.25) is 0 Å². The number of aromatic nitrogens is 1. The Bertz CT molecular complexity index is 1300. The van der Waals surface area contributed by atoms with Gasteiger partial charge in [0.25, 0.3) is 0 Å². The van der Waals surface area contributed by atoms with Gasteiger partial charge in [-0.1, -0.05) is 41.5 Å². The van der Waals surface area contributed by atoms with E-state index in [-0.39, 0.29) is 93.8 Å². The van der Waals surface area contributed by atoms with E-state index >= 15 is 0 Å². The Kier molecular flexibility index (Phi) is 9.33. The topological polar surface area (TPSA) is 68.5 Å². The summed E-state index contributed by atoms with van der Waals surface area (Å²) in [5.74, 6) is -0.0935. The third-order valence-corrected chi connectivity index (χ3v) is 13.4. The predicted octanol–water partition coefficient (Wildman–Crippen LogP) is 3.88. The molecule has 1 aromatic heterocycles. The number of carbonyl (C=O) groups is 2. The highest BCUT2D eigenvalue weighted by Crippen LogP contribution is 2.67. The highest BCUT2D eigenvalue weighted by Gasteiger charge is 2.64. The van der Waals surface area contributed by atoms with Gasteiger partial charge in [-0.15, -0.1) is 24.0 Å². The zero-order valence-electron chi connectivity index (χ0n) is 27.3. The van der Waals surface area contributed by atoms with E-state index in [1.54, 1.807) is 0 Å². The molecule has 8 heteroatoms. The lowest BCUT2D eigenvalue weighted by molar-refractivity contribution is -0.671. The number of pyridine rings is 1. The van der Waals surface area contributed by atoms with Crippen LogP contribution in [0.25, 0.3) is 0 Å². The molecule has 4 aliphatic carbocycles. The highest BCUT2D eigenvalue weighted by molar-refractivity contribution is 14.0. The Morgan fingerprint density at radius 2 is 1.28 bits per heavy atom. The Balaban J connectivity index is 0.00000212. The molecule has 4 bridgehead atoms. The van der Waals surface area contributed by atoms with Crippen molar-refractivity contribution in [2.24, 2.45) is 40.5 Å². The van der Waals surface area contributed by atoms with Gasteiger partial charge in [0.2, 0.25) is 0 Å². The number of hydrogen-bond donors (Lipinski definition) is 1. The molecule has 1 aromatic rings. The first-order valence-electron chi connectivity index (χ1n) is 15.7. The van der Waals surface area contributed by atoms with Crippen molar-refractivity contribution in [3.8, 4) is 0 Å². The average molecular weight is 817 g/mol. The van der Waals surface area contributed by atoms with Gasteiger partial charge in [0.15, 0.2) is 12.4 Å². The van der Waals surface area contributed by atoms with E-state index in [1.807, 2.05) is 50.0 Å². The summed E-state index contributed by atoms with van der Waals surface area (Å²) in [6, 6.07) is 3.97. The van der Waals surface area contributed by atoms with Gasteiger partial charge in [-0.2, -0.15) is 0 Å². The number of halogens is 2. The van der Waals surface area contributed by atoms with Gasteiger partial charge in [0.1, 0.15) is 19.3 Å². The lowest BCUT2D eigenvalue weighted by Gasteiger charge is -2.40. The van der Waals surface area contributed by atoms with Crippen molar-refractivity contribution in [3.05, 3.63) is 52.6 Å². The summed E-state index contributed by atoms with van der Waals surface area (Å²) in [7, 11) is 1.96. The van der Waals surface area contributed by atoms with Crippen molar-refractivity contribution in [1.82, 2.24) is 5.32 Å². The molecule has 4 fully saturated rings. The Morgan fingerprint density at radius 3 is 1.63 bits per heavy atom. The largest absolute Gasteiger partial charge is 1.00 e. The van der Waals surface area contributed by atoms with Crippen LogP contribution in [0.5, 0.6) is 0 Å². The minimum absolute atomic E-state index is 0. The normalized spacial score (nSPS) is 36.5. The van der Waals surface area contributed by atoms with Crippen LogP contribution >= 0.6 is 24.0 Å². The van der Waals surface area contributed by atoms with Crippen molar-refractivity contribution >= 4 is 35.9 Å². The van der Waals surface area contributed by atoms with Crippen LogP contribution < -0.4 is 33.9 Å². The van der Waals surface area contributed by atoms with E-state index in [9.17, 15) is 9.59 Å². The zero-order chi connectivity index (χ0) is 29.7. The second-order valence-corrected chi connectivity index (χ2v) is 15.4. The molecular formula is C35H50I2N2O4. The summed E-state index contributed by atoms with van der Waals surface area (Å²) in [5.41, 5.74) is 3.56. The van der Waals surface area contributed by atoms with E-state index < -0.39 is 5.92 Å². The maximum atomic E-state index is 14.2. The number of nitrogens with zero attached hydrogens (tertiary/aromatic N) is 1. The summed E-state index contributed by atoms with van der Waals surface area (Å²) in [4.78, 5) is 28.4. The van der Waals surface area contributed by atoms with Gasteiger partial charge < -0.3 is 38.8 Å². The molecular weight excluding hydrogens is 766 g/mol. The number of rotatable bonds is 5. The average Bonchev–Trinajstić information content (AvgIpc) is 3.40. The number of allylic oxidation sites excluding steroid dienone is 2. The second-order valence-electron chi connectivity index (χ2n) is 15.4. The Hall–Kier alpha value is -1.17. The minimum Gasteiger partial charge on any atom is -1.00 e. The van der Waals surface area contributed by atoms with E-state index in [4.69, 9.17) is 9.47 Å². The van der Waals surface area contributed by atoms with Gasteiger partial charge in [-0.05, 0) is 81.1 Å². The second kappa shape index (κ2) is 11.6. The Morgan fingerprint density at radius 1 is 0.837 bits per heavy atom. The number of fused-ring (bicyclic) bond motifs is 4. The quantitative estimate of drug-likeness (QED) is 0.278. The summed E-state index contributed by atoms with van der Waals surface area (Å²) in [6.07, 6.45) is 10.0.